The Bertz CT molecular complexity index is 5090. The van der Waals surface area contributed by atoms with E-state index in [1.807, 2.05) is 13.8 Å². The number of amides is 9. The van der Waals surface area contributed by atoms with Gasteiger partial charge in [-0.1, -0.05) is 55.8 Å². The highest BCUT2D eigenvalue weighted by atomic mass is 35.5. The summed E-state index contributed by atoms with van der Waals surface area (Å²) in [6, 6.07) is 8.19. The van der Waals surface area contributed by atoms with Gasteiger partial charge < -0.3 is 133 Å². The number of nitrogens with one attached hydrogen (secondary N) is 10. The first-order valence-corrected chi connectivity index (χ1v) is 41.8. The molecule has 18 atom stereocenters. The SMILES string of the molecule is CNCCOc1ccc(C(=O)NC(=O)C[C@@H]2NC(=O)[C@H](NC(=O)[C@@H](CC(C)C)NC)[C@H](O)c3ccc(c(Cl)c3)Oc3cc4cc(c3O[C@@H]3O[C@H](CO)[C@@H](O)[C@H](O)[C@H]3O[C@H]3C[C@](C)(N)[C@H](O)[C@H](C)O3)Oc3ccc(cc3)[C@@H](O)[C@@H]3NC(=O)[C@H](NC(=O)[C@@H]4NC2=O)c2ccc4c(c2)-c2c(cc(O)cc2C4(O)O)[C@@H](C(=O)NC2C4CC5CC(C4)CC2C5)NC3=O)cc1. The van der Waals surface area contributed by atoms with E-state index in [1.54, 1.807) is 7.05 Å². The highest BCUT2D eigenvalue weighted by molar-refractivity contribution is 6.32. The zero-order valence-electron chi connectivity index (χ0n) is 68.5. The van der Waals surface area contributed by atoms with Crippen LogP contribution in [0.2, 0.25) is 5.02 Å². The maximum atomic E-state index is 16.7. The monoisotopic (exact) mass is 1740 g/mol. The molecule has 6 aromatic rings. The first-order chi connectivity index (χ1) is 59.1. The number of hydrogen-bond donors (Lipinski definition) is 20. The molecule has 2 saturated heterocycles. The first-order valence-electron chi connectivity index (χ1n) is 41.4. The van der Waals surface area contributed by atoms with Gasteiger partial charge in [-0.3, -0.25) is 48.5 Å². The van der Waals surface area contributed by atoms with Gasteiger partial charge in [-0.25, -0.2) is 0 Å². The smallest absolute Gasteiger partial charge is 0.257 e. The summed E-state index contributed by atoms with van der Waals surface area (Å²) < 4.78 is 44.9. The van der Waals surface area contributed by atoms with E-state index in [9.17, 15) is 60.3 Å². The average molecular weight is 1740 g/mol. The fourth-order valence-electron chi connectivity index (χ4n) is 18.8. The Morgan fingerprint density at radius 1 is 0.685 bits per heavy atom. The Morgan fingerprint density at radius 2 is 1.35 bits per heavy atom. The number of rotatable bonds is 19. The van der Waals surface area contributed by atoms with Crippen LogP contribution in [0.1, 0.15) is 159 Å². The van der Waals surface area contributed by atoms with Gasteiger partial charge in [-0.2, -0.15) is 0 Å². The number of benzene rings is 6. The molecule has 37 heteroatoms. The van der Waals surface area contributed by atoms with Crippen LogP contribution in [0.5, 0.6) is 40.2 Å². The van der Waals surface area contributed by atoms with Crippen molar-refractivity contribution in [3.8, 4) is 51.4 Å². The normalized spacial score (nSPS) is 31.2. The van der Waals surface area contributed by atoms with Gasteiger partial charge in [0.15, 0.2) is 23.9 Å². The average Bonchev–Trinajstić information content (AvgIpc) is 1.56. The van der Waals surface area contributed by atoms with E-state index in [0.717, 1.165) is 56.4 Å². The molecule has 7 heterocycles. The minimum atomic E-state index is -2.98. The highest BCUT2D eigenvalue weighted by Gasteiger charge is 2.54. The molecule has 662 valence electrons. The molecule has 4 saturated carbocycles. The number of aliphatic hydroxyl groups is 8. The van der Waals surface area contributed by atoms with Crippen LogP contribution < -0.4 is 77.8 Å². The number of carbonyl (C=O) groups excluding carboxylic acids is 9. The van der Waals surface area contributed by atoms with Crippen LogP contribution in [0.4, 0.5) is 0 Å². The number of fused-ring (bicyclic) bond motifs is 12. The predicted molar refractivity (Wildman–Crippen MR) is 437 cm³/mol. The molecule has 6 fully saturated rings. The van der Waals surface area contributed by atoms with Gasteiger partial charge in [-0.15, -0.1) is 0 Å². The Labute approximate surface area is 716 Å². The zero-order chi connectivity index (χ0) is 88.4. The molecule has 18 rings (SSSR count). The molecule has 7 aliphatic heterocycles. The third-order valence-corrected chi connectivity index (χ3v) is 25.3. The largest absolute Gasteiger partial charge is 0.508 e. The molecule has 0 radical (unpaired) electrons. The summed E-state index contributed by atoms with van der Waals surface area (Å²) in [5.74, 6) is -15.1. The number of ether oxygens (including phenoxy) is 7. The molecule has 0 aromatic heterocycles. The number of phenols is 1. The number of nitrogens with two attached hydrogens (primary N) is 1. The number of aromatic hydroxyl groups is 1. The lowest BCUT2D eigenvalue weighted by atomic mass is 9.54. The number of hydrogen-bond acceptors (Lipinski definition) is 28. The Balaban J connectivity index is 0.913. The summed E-state index contributed by atoms with van der Waals surface area (Å²) in [6.07, 6.45) is -14.1. The summed E-state index contributed by atoms with van der Waals surface area (Å²) in [7, 11) is 3.21. The van der Waals surface area contributed by atoms with Crippen molar-refractivity contribution < 1.29 is 122 Å². The Hall–Kier alpha value is -10.5. The first kappa shape index (κ1) is 88.3. The number of aliphatic hydroxyl groups excluding tert-OH is 6. The topological polar surface area (TPSA) is 547 Å². The lowest BCUT2D eigenvalue weighted by molar-refractivity contribution is -0.333. The highest BCUT2D eigenvalue weighted by Crippen LogP contribution is 2.56. The molecule has 5 aliphatic carbocycles. The van der Waals surface area contributed by atoms with Gasteiger partial charge in [-0.05, 0) is 214 Å². The molecule has 6 aromatic carbocycles. The van der Waals surface area contributed by atoms with Gasteiger partial charge in [0, 0.05) is 41.2 Å². The molecule has 12 aliphatic rings. The van der Waals surface area contributed by atoms with Crippen molar-refractivity contribution in [2.45, 2.75) is 200 Å². The van der Waals surface area contributed by atoms with Gasteiger partial charge in [0.1, 0.15) is 96.4 Å². The summed E-state index contributed by atoms with van der Waals surface area (Å²) in [5.41, 5.74) is 3.18. The van der Waals surface area contributed by atoms with Crippen molar-refractivity contribution in [2.24, 2.45) is 35.3 Å². The second-order valence-corrected chi connectivity index (χ2v) is 34.7. The minimum Gasteiger partial charge on any atom is -0.508 e. The summed E-state index contributed by atoms with van der Waals surface area (Å²) in [6.45, 7) is 6.46. The van der Waals surface area contributed by atoms with E-state index in [2.05, 4.69) is 53.2 Å². The van der Waals surface area contributed by atoms with E-state index >= 15 is 28.8 Å². The van der Waals surface area contributed by atoms with Crippen molar-refractivity contribution in [1.82, 2.24) is 53.2 Å². The third-order valence-electron chi connectivity index (χ3n) is 25.0. The lowest BCUT2D eigenvalue weighted by Crippen LogP contribution is -2.64. The molecule has 36 nitrogen and oxygen atoms in total. The van der Waals surface area contributed by atoms with E-state index < -0.39 is 210 Å². The van der Waals surface area contributed by atoms with Crippen LogP contribution >= 0.6 is 11.6 Å². The number of halogens is 1. The van der Waals surface area contributed by atoms with E-state index in [0.29, 0.717) is 24.1 Å². The standard InChI is InChI=1S/C87H102ClN11O25/c1-36(2)21-55(91-6)78(109)98-69-71(104)43-12-18-57(54(88)28-43)121-59-30-46-29-58(74(59)124-85-75(73(106)72(105)60(35-100)122-85)123-62-34-86(4,89)76(107)37(3)119-62)120-49-15-7-40(8-16-49)70(103)68-84(115)97-67(82(113)94-64-44-23-38-22-39(25-44)26-45(64)24-38)51-31-47(101)32-53-63(51)50-27-42(11-17-52(50)87(53,116)117)65(80(111)99-68)96-81(112)66(46)95-79(110)56(92-83(69)114)33-61(102)93-77(108)41-9-13-48(14-10-41)118-20-19-90-5/h7-18,27-32,36-39,44-45,55-56,60,62,64-73,75-76,85,90-91,100-101,103-107,116-117H,19-26,33-35,89H2,1-6H3,(H,92,114)(H,94,113)(H,95,110)(H,96,112)(H,97,115)(H,98,109)(H,99,111)(H,93,102,108)/t37-,38?,39?,44?,45?,55+,56-,60+,62-,64?,65+,66+,67-,68-,69+,70+,71+,72+,73-,75+,76+,85-,86-/m0/s1. The quantitative estimate of drug-likeness (QED) is 0.0403. The molecule has 9 amide bonds. The van der Waals surface area contributed by atoms with Crippen molar-refractivity contribution in [3.63, 3.8) is 0 Å². The second kappa shape index (κ2) is 35.8. The van der Waals surface area contributed by atoms with E-state index in [-0.39, 0.29) is 110 Å². The second-order valence-electron chi connectivity index (χ2n) is 34.3. The van der Waals surface area contributed by atoms with Crippen molar-refractivity contribution in [2.75, 3.05) is 33.9 Å². The predicted octanol–water partition coefficient (Wildman–Crippen LogP) is 1.47. The third kappa shape index (κ3) is 17.9. The van der Waals surface area contributed by atoms with Crippen LogP contribution in [0.25, 0.3) is 11.1 Å². The van der Waals surface area contributed by atoms with Gasteiger partial charge >= 0.3 is 0 Å². The summed E-state index contributed by atoms with van der Waals surface area (Å²) in [4.78, 5) is 139. The summed E-state index contributed by atoms with van der Waals surface area (Å²) in [5, 5.41) is 134. The molecule has 0 unspecified atom stereocenters. The fourth-order valence-corrected chi connectivity index (χ4v) is 19.1. The van der Waals surface area contributed by atoms with Crippen LogP contribution in [-0.2, 0) is 58.4 Å². The molecule has 0 spiro atoms. The van der Waals surface area contributed by atoms with Crippen molar-refractivity contribution in [1.29, 1.82) is 0 Å². The number of imide groups is 1. The molecule has 124 heavy (non-hydrogen) atoms. The van der Waals surface area contributed by atoms with Crippen LogP contribution in [0, 0.1) is 29.6 Å². The van der Waals surface area contributed by atoms with Crippen LogP contribution in [0.15, 0.2) is 109 Å². The fraction of sp³-hybridized carbons (Fsp3) is 0.483. The van der Waals surface area contributed by atoms with Gasteiger partial charge in [0.05, 0.1) is 36.3 Å². The maximum absolute atomic E-state index is 16.7. The Kier molecular flexibility index (Phi) is 25.5. The van der Waals surface area contributed by atoms with Gasteiger partial charge in [0.25, 0.3) is 5.91 Å². The van der Waals surface area contributed by atoms with E-state index in [1.165, 1.54) is 106 Å². The van der Waals surface area contributed by atoms with E-state index in [4.69, 9.17) is 50.5 Å². The summed E-state index contributed by atoms with van der Waals surface area (Å²) >= 11 is 7.23. The van der Waals surface area contributed by atoms with Crippen LogP contribution in [0.3, 0.4) is 0 Å². The number of phenolic OH excluding ortho intramolecular Hbond substituents is 1. The zero-order valence-corrected chi connectivity index (χ0v) is 69.2. The number of likely N-dealkylation sites (N-methyl/N-ethyl adjacent to an activating group) is 2. The lowest BCUT2D eigenvalue weighted by Gasteiger charge is -2.54. The molecular formula is C87H102ClN11O25. The van der Waals surface area contributed by atoms with Crippen molar-refractivity contribution >= 4 is 64.8 Å². The van der Waals surface area contributed by atoms with Crippen LogP contribution in [-0.4, -0.2) is 218 Å². The van der Waals surface area contributed by atoms with Crippen molar-refractivity contribution in [3.05, 3.63) is 159 Å². The molecule has 15 bridgehead atoms. The minimum absolute atomic E-state index is 0.0801. The molecular weight excluding hydrogens is 1630 g/mol. The Morgan fingerprint density at radius 3 is 2.01 bits per heavy atom. The maximum Gasteiger partial charge on any atom is 0.257 e. The number of carbonyl (C=O) groups is 9. The molecule has 21 N–H and O–H groups in total. The van der Waals surface area contributed by atoms with Gasteiger partial charge in [0.2, 0.25) is 65.1 Å².